The Bertz CT molecular complexity index is 116. The summed E-state index contributed by atoms with van der Waals surface area (Å²) in [4.78, 5) is 0. The van der Waals surface area contributed by atoms with E-state index in [4.69, 9.17) is 5.73 Å². The molecule has 0 aromatic carbocycles. The first-order valence-corrected chi connectivity index (χ1v) is 3.13. The molecule has 8 heavy (non-hydrogen) atoms. The van der Waals surface area contributed by atoms with Gasteiger partial charge in [0.1, 0.15) is 0 Å². The first-order valence-electron chi connectivity index (χ1n) is 3.13. The van der Waals surface area contributed by atoms with Crippen molar-refractivity contribution < 1.29 is 0 Å². The number of hydrogen-bond donors (Lipinski definition) is 1. The van der Waals surface area contributed by atoms with E-state index < -0.39 is 0 Å². The van der Waals surface area contributed by atoms with E-state index in [1.807, 2.05) is 0 Å². The van der Waals surface area contributed by atoms with E-state index in [1.54, 1.807) is 0 Å². The molecule has 0 saturated heterocycles. The number of nitrogens with two attached hydrogens (primary N) is 1. The van der Waals surface area contributed by atoms with Crippen LogP contribution in [0.4, 0.5) is 0 Å². The second-order valence-electron chi connectivity index (χ2n) is 2.74. The lowest BCUT2D eigenvalue weighted by molar-refractivity contribution is 0.575. The van der Waals surface area contributed by atoms with Crippen LogP contribution in [0.25, 0.3) is 0 Å². The fraction of sp³-hybridized carbons (Fsp3) is 0.714. The molecule has 1 aliphatic carbocycles. The average Bonchev–Trinajstić information content (AvgIpc) is 1.85. The Kier molecular flexibility index (Phi) is 1.39. The van der Waals surface area contributed by atoms with Gasteiger partial charge in [-0.05, 0) is 19.3 Å². The lowest BCUT2D eigenvalue weighted by Crippen LogP contribution is -2.22. The molecular weight excluding hydrogens is 98.1 g/mol. The molecule has 0 saturated carbocycles. The normalized spacial score (nSPS) is 37.6. The summed E-state index contributed by atoms with van der Waals surface area (Å²) in [5.74, 6) is 0.606. The van der Waals surface area contributed by atoms with Gasteiger partial charge < -0.3 is 5.73 Å². The lowest BCUT2D eigenvalue weighted by Gasteiger charge is -2.05. The zero-order valence-electron chi connectivity index (χ0n) is 5.52. The molecule has 0 radical (unpaired) electrons. The monoisotopic (exact) mass is 111 g/mol. The predicted octanol–water partition coefficient (Wildman–Crippen LogP) is 1.30. The summed E-state index contributed by atoms with van der Waals surface area (Å²) < 4.78 is 0. The van der Waals surface area contributed by atoms with E-state index in [0.717, 1.165) is 6.42 Å². The standard InChI is InChI=1S/C7H13N/c1-5-3-6(2)7(8)4-5/h3,6-7H,4,8H2,1-2H3. The Morgan fingerprint density at radius 1 is 1.75 bits per heavy atom. The van der Waals surface area contributed by atoms with E-state index in [9.17, 15) is 0 Å². The van der Waals surface area contributed by atoms with Crippen LogP contribution < -0.4 is 5.73 Å². The Hall–Kier alpha value is -0.300. The van der Waals surface area contributed by atoms with Gasteiger partial charge in [0.05, 0.1) is 0 Å². The Labute approximate surface area is 50.6 Å². The van der Waals surface area contributed by atoms with Gasteiger partial charge in [-0.25, -0.2) is 0 Å². The summed E-state index contributed by atoms with van der Waals surface area (Å²) in [7, 11) is 0. The van der Waals surface area contributed by atoms with Crippen LogP contribution in [-0.2, 0) is 0 Å². The van der Waals surface area contributed by atoms with Gasteiger partial charge in [0.25, 0.3) is 0 Å². The highest BCUT2D eigenvalue weighted by molar-refractivity contribution is 5.11. The van der Waals surface area contributed by atoms with Crippen LogP contribution in [-0.4, -0.2) is 6.04 Å². The van der Waals surface area contributed by atoms with Crippen molar-refractivity contribution in [1.82, 2.24) is 0 Å². The van der Waals surface area contributed by atoms with Crippen LogP contribution in [0.2, 0.25) is 0 Å². The highest BCUT2D eigenvalue weighted by Gasteiger charge is 2.16. The molecule has 1 rings (SSSR count). The van der Waals surface area contributed by atoms with E-state index in [1.165, 1.54) is 5.57 Å². The van der Waals surface area contributed by atoms with Crippen LogP contribution in [0.5, 0.6) is 0 Å². The van der Waals surface area contributed by atoms with Gasteiger partial charge in [-0.3, -0.25) is 0 Å². The second-order valence-corrected chi connectivity index (χ2v) is 2.74. The minimum absolute atomic E-state index is 0.398. The summed E-state index contributed by atoms with van der Waals surface area (Å²) in [6.07, 6.45) is 3.35. The zero-order chi connectivity index (χ0) is 6.15. The van der Waals surface area contributed by atoms with Crippen molar-refractivity contribution in [2.75, 3.05) is 0 Å². The molecule has 2 unspecified atom stereocenters. The van der Waals surface area contributed by atoms with Crippen molar-refractivity contribution in [1.29, 1.82) is 0 Å². The maximum Gasteiger partial charge on any atom is 0.0137 e. The average molecular weight is 111 g/mol. The molecule has 1 nitrogen and oxygen atoms in total. The molecule has 0 aromatic heterocycles. The van der Waals surface area contributed by atoms with Crippen molar-refractivity contribution in [3.8, 4) is 0 Å². The minimum Gasteiger partial charge on any atom is -0.327 e. The maximum absolute atomic E-state index is 5.72. The van der Waals surface area contributed by atoms with Gasteiger partial charge in [-0.1, -0.05) is 18.6 Å². The first kappa shape index (κ1) is 5.83. The van der Waals surface area contributed by atoms with Crippen LogP contribution in [0.3, 0.4) is 0 Å². The molecule has 0 aliphatic heterocycles. The van der Waals surface area contributed by atoms with Crippen LogP contribution in [0.1, 0.15) is 20.3 Å². The predicted molar refractivity (Wildman–Crippen MR) is 35.5 cm³/mol. The minimum atomic E-state index is 0.398. The SMILES string of the molecule is CC1=CC(C)C(N)C1. The zero-order valence-corrected chi connectivity index (χ0v) is 5.52. The van der Waals surface area contributed by atoms with Crippen molar-refractivity contribution >= 4 is 0 Å². The van der Waals surface area contributed by atoms with E-state index >= 15 is 0 Å². The molecule has 0 aromatic rings. The summed E-state index contributed by atoms with van der Waals surface area (Å²) >= 11 is 0. The number of hydrogen-bond acceptors (Lipinski definition) is 1. The van der Waals surface area contributed by atoms with Gasteiger partial charge in [0.15, 0.2) is 0 Å². The maximum atomic E-state index is 5.72. The molecule has 1 aliphatic rings. The van der Waals surface area contributed by atoms with Crippen LogP contribution in [0.15, 0.2) is 11.6 Å². The van der Waals surface area contributed by atoms with Crippen molar-refractivity contribution in [3.63, 3.8) is 0 Å². The Balaban J connectivity index is 2.56. The van der Waals surface area contributed by atoms with E-state index in [0.29, 0.717) is 12.0 Å². The third-order valence-corrected chi connectivity index (χ3v) is 1.78. The fourth-order valence-corrected chi connectivity index (χ4v) is 1.20. The van der Waals surface area contributed by atoms with Gasteiger partial charge in [0.2, 0.25) is 0 Å². The molecule has 0 fully saturated rings. The molecule has 0 amide bonds. The largest absolute Gasteiger partial charge is 0.327 e. The highest BCUT2D eigenvalue weighted by Crippen LogP contribution is 2.21. The Morgan fingerprint density at radius 2 is 2.38 bits per heavy atom. The fourth-order valence-electron chi connectivity index (χ4n) is 1.20. The first-order chi connectivity index (χ1) is 3.70. The van der Waals surface area contributed by atoms with E-state index in [-0.39, 0.29) is 0 Å². The van der Waals surface area contributed by atoms with Gasteiger partial charge in [0, 0.05) is 6.04 Å². The van der Waals surface area contributed by atoms with E-state index in [2.05, 4.69) is 19.9 Å². The molecule has 46 valence electrons. The summed E-state index contributed by atoms with van der Waals surface area (Å²) in [6, 6.07) is 0.398. The van der Waals surface area contributed by atoms with Gasteiger partial charge in [-0.15, -0.1) is 0 Å². The highest BCUT2D eigenvalue weighted by atomic mass is 14.7. The van der Waals surface area contributed by atoms with Crippen molar-refractivity contribution in [2.45, 2.75) is 26.3 Å². The molecule has 0 spiro atoms. The molecule has 2 atom stereocenters. The lowest BCUT2D eigenvalue weighted by atomic mass is 10.1. The van der Waals surface area contributed by atoms with Crippen molar-refractivity contribution in [3.05, 3.63) is 11.6 Å². The summed E-state index contributed by atoms with van der Waals surface area (Å²) in [6.45, 7) is 4.31. The summed E-state index contributed by atoms with van der Waals surface area (Å²) in [5, 5.41) is 0. The van der Waals surface area contributed by atoms with Crippen LogP contribution >= 0.6 is 0 Å². The third-order valence-electron chi connectivity index (χ3n) is 1.78. The van der Waals surface area contributed by atoms with Crippen molar-refractivity contribution in [2.24, 2.45) is 11.7 Å². The molecule has 1 heteroatoms. The topological polar surface area (TPSA) is 26.0 Å². The molecular formula is C7H13N. The Morgan fingerprint density at radius 3 is 2.50 bits per heavy atom. The molecule has 0 heterocycles. The summed E-state index contributed by atoms with van der Waals surface area (Å²) in [5.41, 5.74) is 7.17. The second kappa shape index (κ2) is 1.90. The number of rotatable bonds is 0. The van der Waals surface area contributed by atoms with Gasteiger partial charge >= 0.3 is 0 Å². The molecule has 2 N–H and O–H groups in total. The quantitative estimate of drug-likeness (QED) is 0.468. The van der Waals surface area contributed by atoms with Gasteiger partial charge in [-0.2, -0.15) is 0 Å². The van der Waals surface area contributed by atoms with Crippen LogP contribution in [0, 0.1) is 5.92 Å². The smallest absolute Gasteiger partial charge is 0.0137 e. The third kappa shape index (κ3) is 0.920. The molecule has 0 bridgehead atoms.